The summed E-state index contributed by atoms with van der Waals surface area (Å²) in [5.74, 6) is 0.655. The molecule has 1 aromatic heterocycles. The van der Waals surface area contributed by atoms with Crippen molar-refractivity contribution in [3.63, 3.8) is 0 Å². The molecular weight excluding hydrogens is 260 g/mol. The van der Waals surface area contributed by atoms with E-state index in [2.05, 4.69) is 20.9 Å². The van der Waals surface area contributed by atoms with E-state index in [1.54, 1.807) is 24.3 Å². The largest absolute Gasteiger partial charge is 0.481 e. The minimum Gasteiger partial charge on any atom is -0.481 e. The molecule has 1 aliphatic rings. The molecule has 0 bridgehead atoms. The molecule has 80 valence electrons. The second-order valence-corrected chi connectivity index (χ2v) is 4.41. The molecule has 0 N–H and O–H groups in total. The lowest BCUT2D eigenvalue weighted by Crippen LogP contribution is -2.27. The van der Waals surface area contributed by atoms with Crippen molar-refractivity contribution in [2.75, 3.05) is 18.6 Å². The molecular formula is C10H11BrN2O2. The molecule has 1 fully saturated rings. The Morgan fingerprint density at radius 2 is 2.40 bits per heavy atom. The van der Waals surface area contributed by atoms with Crippen molar-refractivity contribution >= 4 is 27.5 Å². The van der Waals surface area contributed by atoms with Crippen LogP contribution < -0.4 is 9.64 Å². The first-order valence-electron chi connectivity index (χ1n) is 4.68. The molecule has 1 amide bonds. The Hall–Kier alpha value is -1.10. The molecule has 0 aliphatic carbocycles. The normalized spacial score (nSPS) is 20.8. The maximum absolute atomic E-state index is 11.7. The summed E-state index contributed by atoms with van der Waals surface area (Å²) < 4.78 is 4.96. The van der Waals surface area contributed by atoms with Gasteiger partial charge < -0.3 is 9.64 Å². The molecule has 1 atom stereocenters. The van der Waals surface area contributed by atoms with E-state index in [0.717, 1.165) is 18.7 Å². The third-order valence-corrected chi connectivity index (χ3v) is 3.23. The van der Waals surface area contributed by atoms with Gasteiger partial charge in [-0.15, -0.1) is 0 Å². The van der Waals surface area contributed by atoms with Gasteiger partial charge in [0.15, 0.2) is 0 Å². The lowest BCUT2D eigenvalue weighted by atomic mass is 10.4. The van der Waals surface area contributed by atoms with Crippen LogP contribution in [-0.4, -0.2) is 29.4 Å². The summed E-state index contributed by atoms with van der Waals surface area (Å²) in [5, 5.41) is 0. The molecule has 4 nitrogen and oxygen atoms in total. The maximum Gasteiger partial charge on any atom is 0.240 e. The average molecular weight is 271 g/mol. The van der Waals surface area contributed by atoms with Crippen LogP contribution in [0, 0.1) is 0 Å². The molecule has 1 aliphatic heterocycles. The van der Waals surface area contributed by atoms with Crippen LogP contribution in [0.1, 0.15) is 6.42 Å². The summed E-state index contributed by atoms with van der Waals surface area (Å²) in [6.07, 6.45) is 2.49. The number of hydrogen-bond donors (Lipinski definition) is 0. The van der Waals surface area contributed by atoms with Crippen molar-refractivity contribution in [2.45, 2.75) is 11.2 Å². The van der Waals surface area contributed by atoms with Crippen LogP contribution in [0.4, 0.5) is 5.69 Å². The van der Waals surface area contributed by atoms with Crippen molar-refractivity contribution in [3.05, 3.63) is 18.3 Å². The van der Waals surface area contributed by atoms with Gasteiger partial charge >= 0.3 is 0 Å². The number of carbonyl (C=O) groups excluding carboxylic acids is 1. The topological polar surface area (TPSA) is 42.4 Å². The Morgan fingerprint density at radius 1 is 1.60 bits per heavy atom. The zero-order valence-corrected chi connectivity index (χ0v) is 9.90. The lowest BCUT2D eigenvalue weighted by Gasteiger charge is -2.15. The van der Waals surface area contributed by atoms with Gasteiger partial charge in [0.05, 0.1) is 23.8 Å². The third kappa shape index (κ3) is 1.97. The summed E-state index contributed by atoms with van der Waals surface area (Å²) in [7, 11) is 1.57. The van der Waals surface area contributed by atoms with Gasteiger partial charge in [0.1, 0.15) is 0 Å². The molecule has 0 spiro atoms. The number of nitrogens with zero attached hydrogens (tertiary/aromatic N) is 2. The number of halogens is 1. The quantitative estimate of drug-likeness (QED) is 0.767. The zero-order valence-electron chi connectivity index (χ0n) is 8.31. The van der Waals surface area contributed by atoms with Gasteiger partial charge in [-0.3, -0.25) is 4.79 Å². The molecule has 5 heteroatoms. The van der Waals surface area contributed by atoms with Crippen LogP contribution >= 0.6 is 15.9 Å². The van der Waals surface area contributed by atoms with Crippen LogP contribution in [-0.2, 0) is 4.79 Å². The Labute approximate surface area is 96.4 Å². The smallest absolute Gasteiger partial charge is 0.240 e. The van der Waals surface area contributed by atoms with E-state index < -0.39 is 0 Å². The van der Waals surface area contributed by atoms with Crippen molar-refractivity contribution in [1.29, 1.82) is 0 Å². The first-order valence-corrected chi connectivity index (χ1v) is 5.59. The third-order valence-electron chi connectivity index (χ3n) is 2.38. The second kappa shape index (κ2) is 4.18. The van der Waals surface area contributed by atoms with E-state index in [1.165, 1.54) is 0 Å². The fourth-order valence-electron chi connectivity index (χ4n) is 1.55. The Balaban J connectivity index is 2.19. The Morgan fingerprint density at radius 3 is 2.87 bits per heavy atom. The molecule has 1 saturated heterocycles. The van der Waals surface area contributed by atoms with Gasteiger partial charge in [-0.1, -0.05) is 15.9 Å². The van der Waals surface area contributed by atoms with E-state index in [1.807, 2.05) is 6.07 Å². The van der Waals surface area contributed by atoms with Gasteiger partial charge in [-0.05, 0) is 12.5 Å². The highest BCUT2D eigenvalue weighted by Crippen LogP contribution is 2.25. The molecule has 1 aromatic rings. The first kappa shape index (κ1) is 10.4. The standard InChI is InChI=1S/C10H11BrN2O2/c1-15-9-3-2-7(6-12-9)13-5-4-8(11)10(13)14/h2-3,6,8H,4-5H2,1H3/t8-/m1/s1. The molecule has 15 heavy (non-hydrogen) atoms. The highest BCUT2D eigenvalue weighted by Gasteiger charge is 2.30. The Kier molecular flexibility index (Phi) is 2.90. The van der Waals surface area contributed by atoms with Crippen LogP contribution in [0.15, 0.2) is 18.3 Å². The van der Waals surface area contributed by atoms with Gasteiger partial charge in [0.2, 0.25) is 11.8 Å². The summed E-state index contributed by atoms with van der Waals surface area (Å²) in [4.78, 5) is 17.4. The first-order chi connectivity index (χ1) is 7.22. The number of alkyl halides is 1. The van der Waals surface area contributed by atoms with E-state index in [0.29, 0.717) is 5.88 Å². The minimum absolute atomic E-state index is 0.0559. The van der Waals surface area contributed by atoms with E-state index >= 15 is 0 Å². The number of rotatable bonds is 2. The lowest BCUT2D eigenvalue weighted by molar-refractivity contribution is -0.116. The van der Waals surface area contributed by atoms with Gasteiger partial charge in [0, 0.05) is 12.6 Å². The van der Waals surface area contributed by atoms with Crippen LogP contribution in [0.2, 0.25) is 0 Å². The number of anilines is 1. The van der Waals surface area contributed by atoms with E-state index in [-0.39, 0.29) is 10.7 Å². The van der Waals surface area contributed by atoms with Crippen molar-refractivity contribution in [2.24, 2.45) is 0 Å². The van der Waals surface area contributed by atoms with Crippen LogP contribution in [0.3, 0.4) is 0 Å². The number of methoxy groups -OCH3 is 1. The summed E-state index contributed by atoms with van der Waals surface area (Å²) in [6.45, 7) is 0.739. The predicted molar refractivity (Wildman–Crippen MR) is 60.5 cm³/mol. The summed E-state index contributed by atoms with van der Waals surface area (Å²) >= 11 is 3.33. The van der Waals surface area contributed by atoms with Crippen molar-refractivity contribution < 1.29 is 9.53 Å². The van der Waals surface area contributed by atoms with Crippen LogP contribution in [0.5, 0.6) is 5.88 Å². The van der Waals surface area contributed by atoms with E-state index in [9.17, 15) is 4.79 Å². The summed E-state index contributed by atoms with van der Waals surface area (Å²) in [6, 6.07) is 3.60. The Bertz CT molecular complexity index is 366. The molecule has 2 rings (SSSR count). The molecule has 0 aromatic carbocycles. The number of aromatic nitrogens is 1. The number of amides is 1. The SMILES string of the molecule is COc1ccc(N2CC[C@@H](Br)C2=O)cn1. The second-order valence-electron chi connectivity index (χ2n) is 3.30. The van der Waals surface area contributed by atoms with Gasteiger partial charge in [-0.2, -0.15) is 0 Å². The van der Waals surface area contributed by atoms with Gasteiger partial charge in [0.25, 0.3) is 0 Å². The average Bonchev–Trinajstić information content (AvgIpc) is 2.60. The van der Waals surface area contributed by atoms with Crippen molar-refractivity contribution in [3.8, 4) is 5.88 Å². The summed E-state index contributed by atoms with van der Waals surface area (Å²) in [5.41, 5.74) is 0.822. The molecule has 0 radical (unpaired) electrons. The highest BCUT2D eigenvalue weighted by atomic mass is 79.9. The molecule has 0 saturated carbocycles. The number of hydrogen-bond acceptors (Lipinski definition) is 3. The van der Waals surface area contributed by atoms with E-state index in [4.69, 9.17) is 4.74 Å². The zero-order chi connectivity index (χ0) is 10.8. The monoisotopic (exact) mass is 270 g/mol. The predicted octanol–water partition coefficient (Wildman–Crippen LogP) is 1.59. The molecule has 2 heterocycles. The fourth-order valence-corrected chi connectivity index (χ4v) is 2.01. The van der Waals surface area contributed by atoms with Crippen molar-refractivity contribution in [1.82, 2.24) is 4.98 Å². The minimum atomic E-state index is -0.0559. The fraction of sp³-hybridized carbons (Fsp3) is 0.400. The van der Waals surface area contributed by atoms with Gasteiger partial charge in [-0.25, -0.2) is 4.98 Å². The highest BCUT2D eigenvalue weighted by molar-refractivity contribution is 9.10. The number of ether oxygens (including phenoxy) is 1. The van der Waals surface area contributed by atoms with Crippen LogP contribution in [0.25, 0.3) is 0 Å². The number of pyridine rings is 1. The number of carbonyl (C=O) groups is 1. The molecule has 0 unspecified atom stereocenters. The maximum atomic E-state index is 11.7.